The minimum absolute atomic E-state index is 0.131. The number of hydrogen-bond donors (Lipinski definition) is 4. The van der Waals surface area contributed by atoms with Crippen molar-refractivity contribution >= 4 is 0 Å². The standard InChI is InChI=1S/C22H38O4/c1-12(11-23)15-4-5-16-20-17(10-19(26)22(15,16)3)21(2)7-6-14(24)8-13(21)9-18(20)25/h12-20,23-26H,4-11H2,1-3H3/t12-,13?,14-,15-,16?,17?,18-,19+,20?,21+,22-/m1/s1. The SMILES string of the molecule is C[C@H](CO)[C@H]1CCC2C3C(C[C@H](O)[C@@]21C)[C@@]1(C)CC[C@@H](O)CC1C[C@H]3O. The van der Waals surface area contributed by atoms with E-state index in [4.69, 9.17) is 0 Å². The van der Waals surface area contributed by atoms with Gasteiger partial charge in [-0.25, -0.2) is 0 Å². The Hall–Kier alpha value is -0.160. The second-order valence-corrected chi connectivity index (χ2v) is 10.7. The van der Waals surface area contributed by atoms with Crippen LogP contribution in [-0.4, -0.2) is 45.3 Å². The molecule has 0 radical (unpaired) electrons. The van der Waals surface area contributed by atoms with Crippen molar-refractivity contribution in [3.8, 4) is 0 Å². The molecule has 4 heteroatoms. The average Bonchev–Trinajstić information content (AvgIpc) is 2.95. The number of rotatable bonds is 2. The molecule has 4 aliphatic carbocycles. The van der Waals surface area contributed by atoms with Crippen LogP contribution in [0.15, 0.2) is 0 Å². The third-order valence-electron chi connectivity index (χ3n) is 9.81. The normalized spacial score (nSPS) is 57.8. The molecule has 0 bridgehead atoms. The molecule has 4 N–H and O–H groups in total. The van der Waals surface area contributed by atoms with Gasteiger partial charge in [0, 0.05) is 6.61 Å². The summed E-state index contributed by atoms with van der Waals surface area (Å²) in [6, 6.07) is 0. The van der Waals surface area contributed by atoms with Crippen molar-refractivity contribution < 1.29 is 20.4 Å². The Kier molecular flexibility index (Phi) is 4.74. The van der Waals surface area contributed by atoms with Crippen molar-refractivity contribution in [1.82, 2.24) is 0 Å². The van der Waals surface area contributed by atoms with E-state index in [1.165, 1.54) is 0 Å². The molecule has 11 atom stereocenters. The maximum absolute atomic E-state index is 11.3. The summed E-state index contributed by atoms with van der Waals surface area (Å²) in [6.45, 7) is 6.88. The van der Waals surface area contributed by atoms with E-state index >= 15 is 0 Å². The Morgan fingerprint density at radius 1 is 0.962 bits per heavy atom. The van der Waals surface area contributed by atoms with Gasteiger partial charge in [0.25, 0.3) is 0 Å². The van der Waals surface area contributed by atoms with E-state index in [0.29, 0.717) is 23.7 Å². The Morgan fingerprint density at radius 2 is 1.69 bits per heavy atom. The monoisotopic (exact) mass is 366 g/mol. The molecule has 150 valence electrons. The van der Waals surface area contributed by atoms with E-state index in [1.54, 1.807) is 0 Å². The number of hydrogen-bond acceptors (Lipinski definition) is 4. The van der Waals surface area contributed by atoms with Crippen LogP contribution >= 0.6 is 0 Å². The van der Waals surface area contributed by atoms with E-state index in [1.807, 2.05) is 0 Å². The second kappa shape index (κ2) is 6.43. The summed E-state index contributed by atoms with van der Waals surface area (Å²) in [5.41, 5.74) is -0.0617. The number of fused-ring (bicyclic) bond motifs is 5. The Labute approximate surface area is 158 Å². The summed E-state index contributed by atoms with van der Waals surface area (Å²) in [7, 11) is 0. The highest BCUT2D eigenvalue weighted by molar-refractivity contribution is 5.14. The van der Waals surface area contributed by atoms with E-state index in [0.717, 1.165) is 44.9 Å². The zero-order chi connectivity index (χ0) is 18.9. The van der Waals surface area contributed by atoms with E-state index in [-0.39, 0.29) is 47.6 Å². The fraction of sp³-hybridized carbons (Fsp3) is 1.00. The molecular weight excluding hydrogens is 328 g/mol. The predicted octanol–water partition coefficient (Wildman–Crippen LogP) is 2.58. The molecule has 0 saturated heterocycles. The van der Waals surface area contributed by atoms with E-state index in [2.05, 4.69) is 20.8 Å². The fourth-order valence-corrected chi connectivity index (χ4v) is 8.26. The van der Waals surface area contributed by atoms with Gasteiger partial charge in [-0.1, -0.05) is 20.8 Å². The second-order valence-electron chi connectivity index (χ2n) is 10.7. The highest BCUT2D eigenvalue weighted by Gasteiger charge is 2.65. The first-order chi connectivity index (χ1) is 12.2. The van der Waals surface area contributed by atoms with Crippen LogP contribution in [0.1, 0.15) is 65.7 Å². The molecular formula is C22H38O4. The van der Waals surface area contributed by atoms with Crippen LogP contribution in [0.5, 0.6) is 0 Å². The molecule has 26 heavy (non-hydrogen) atoms. The fourth-order valence-electron chi connectivity index (χ4n) is 8.26. The van der Waals surface area contributed by atoms with Gasteiger partial charge in [-0.2, -0.15) is 0 Å². The van der Waals surface area contributed by atoms with Crippen molar-refractivity contribution in [2.75, 3.05) is 6.61 Å². The molecule has 4 saturated carbocycles. The minimum Gasteiger partial charge on any atom is -0.396 e. The average molecular weight is 367 g/mol. The van der Waals surface area contributed by atoms with Crippen molar-refractivity contribution in [2.24, 2.45) is 46.3 Å². The molecule has 0 aromatic heterocycles. The molecule has 0 heterocycles. The van der Waals surface area contributed by atoms with Gasteiger partial charge in [0.05, 0.1) is 18.3 Å². The summed E-state index contributed by atoms with van der Waals surface area (Å²) in [6.07, 6.45) is 5.46. The summed E-state index contributed by atoms with van der Waals surface area (Å²) < 4.78 is 0. The molecule has 4 nitrogen and oxygen atoms in total. The molecule has 4 unspecified atom stereocenters. The van der Waals surface area contributed by atoms with Crippen LogP contribution in [0.3, 0.4) is 0 Å². The van der Waals surface area contributed by atoms with Gasteiger partial charge in [0.15, 0.2) is 0 Å². The quantitative estimate of drug-likeness (QED) is 0.605. The third kappa shape index (κ3) is 2.48. The molecule has 0 spiro atoms. The Morgan fingerprint density at radius 3 is 2.38 bits per heavy atom. The highest BCUT2D eigenvalue weighted by atomic mass is 16.3. The topological polar surface area (TPSA) is 80.9 Å². The van der Waals surface area contributed by atoms with Crippen LogP contribution in [-0.2, 0) is 0 Å². The van der Waals surface area contributed by atoms with Crippen LogP contribution in [0.2, 0.25) is 0 Å². The molecule has 0 amide bonds. The molecule has 4 fully saturated rings. The Bertz CT molecular complexity index is 538. The first-order valence-corrected chi connectivity index (χ1v) is 10.9. The zero-order valence-electron chi connectivity index (χ0n) is 16.6. The summed E-state index contributed by atoms with van der Waals surface area (Å²) >= 11 is 0. The number of aliphatic hydroxyl groups excluding tert-OH is 4. The zero-order valence-corrected chi connectivity index (χ0v) is 16.6. The molecule has 4 aliphatic rings. The van der Waals surface area contributed by atoms with Crippen molar-refractivity contribution in [3.63, 3.8) is 0 Å². The summed E-state index contributed by atoms with van der Waals surface area (Å²) in [5, 5.41) is 42.4. The van der Waals surface area contributed by atoms with Gasteiger partial charge in [0.2, 0.25) is 0 Å². The van der Waals surface area contributed by atoms with Crippen LogP contribution < -0.4 is 0 Å². The smallest absolute Gasteiger partial charge is 0.0602 e. The van der Waals surface area contributed by atoms with Crippen molar-refractivity contribution in [2.45, 2.75) is 84.0 Å². The van der Waals surface area contributed by atoms with Gasteiger partial charge in [-0.05, 0) is 91.3 Å². The maximum atomic E-state index is 11.3. The summed E-state index contributed by atoms with van der Waals surface area (Å²) in [4.78, 5) is 0. The summed E-state index contributed by atoms with van der Waals surface area (Å²) in [5.74, 6) is 1.85. The maximum Gasteiger partial charge on any atom is 0.0602 e. The van der Waals surface area contributed by atoms with Crippen molar-refractivity contribution in [1.29, 1.82) is 0 Å². The largest absolute Gasteiger partial charge is 0.396 e. The van der Waals surface area contributed by atoms with Gasteiger partial charge in [-0.3, -0.25) is 0 Å². The first kappa shape index (κ1) is 19.2. The molecule has 4 rings (SSSR count). The number of aliphatic hydroxyl groups is 4. The molecule has 0 aliphatic heterocycles. The lowest BCUT2D eigenvalue weighted by Gasteiger charge is -2.63. The van der Waals surface area contributed by atoms with Gasteiger partial charge < -0.3 is 20.4 Å². The lowest BCUT2D eigenvalue weighted by atomic mass is 9.43. The molecule has 0 aromatic carbocycles. The molecule has 0 aromatic rings. The van der Waals surface area contributed by atoms with Gasteiger partial charge >= 0.3 is 0 Å². The third-order valence-corrected chi connectivity index (χ3v) is 9.81. The minimum atomic E-state index is -0.357. The Balaban J connectivity index is 1.68. The van der Waals surface area contributed by atoms with Crippen LogP contribution in [0.25, 0.3) is 0 Å². The van der Waals surface area contributed by atoms with Crippen molar-refractivity contribution in [3.05, 3.63) is 0 Å². The lowest BCUT2D eigenvalue weighted by Crippen LogP contribution is -2.62. The van der Waals surface area contributed by atoms with Gasteiger partial charge in [-0.15, -0.1) is 0 Å². The van der Waals surface area contributed by atoms with Crippen LogP contribution in [0.4, 0.5) is 0 Å². The lowest BCUT2D eigenvalue weighted by molar-refractivity contribution is -0.207. The highest BCUT2D eigenvalue weighted by Crippen LogP contribution is 2.68. The van der Waals surface area contributed by atoms with Crippen LogP contribution in [0, 0.1) is 46.3 Å². The first-order valence-electron chi connectivity index (χ1n) is 10.9. The van der Waals surface area contributed by atoms with E-state index < -0.39 is 0 Å². The van der Waals surface area contributed by atoms with Gasteiger partial charge in [0.1, 0.15) is 0 Å². The van der Waals surface area contributed by atoms with E-state index in [9.17, 15) is 20.4 Å². The predicted molar refractivity (Wildman–Crippen MR) is 100 cm³/mol.